The van der Waals surface area contributed by atoms with Crippen molar-refractivity contribution in [1.82, 2.24) is 0 Å². The molecule has 2 aromatic rings. The summed E-state index contributed by atoms with van der Waals surface area (Å²) in [7, 11) is 0. The van der Waals surface area contributed by atoms with Gasteiger partial charge in [0.2, 0.25) is 0 Å². The normalized spacial score (nSPS) is 10.5. The predicted octanol–water partition coefficient (Wildman–Crippen LogP) is 4.26. The molecule has 0 fully saturated rings. The molecule has 0 saturated carbocycles. The van der Waals surface area contributed by atoms with Gasteiger partial charge in [0.25, 0.3) is 0 Å². The quantitative estimate of drug-likeness (QED) is 0.852. The summed E-state index contributed by atoms with van der Waals surface area (Å²) in [5, 5.41) is 0.720. The lowest BCUT2D eigenvalue weighted by molar-refractivity contribution is 0.300. The summed E-state index contributed by atoms with van der Waals surface area (Å²) >= 11 is 6.08. The van der Waals surface area contributed by atoms with Crippen LogP contribution in [-0.2, 0) is 6.61 Å². The molecule has 0 aromatic heterocycles. The van der Waals surface area contributed by atoms with Gasteiger partial charge in [0.1, 0.15) is 18.2 Å². The zero-order valence-electron chi connectivity index (χ0n) is 10.8. The number of aryl methyl sites for hydroxylation is 2. The highest BCUT2D eigenvalue weighted by Gasteiger charge is 2.08. The molecule has 0 bridgehead atoms. The maximum absolute atomic E-state index is 13.6. The van der Waals surface area contributed by atoms with Crippen molar-refractivity contribution in [3.8, 4) is 5.75 Å². The van der Waals surface area contributed by atoms with Crippen molar-refractivity contribution >= 4 is 17.3 Å². The maximum Gasteiger partial charge on any atom is 0.131 e. The highest BCUT2D eigenvalue weighted by Crippen LogP contribution is 2.27. The third-order valence-corrected chi connectivity index (χ3v) is 3.54. The highest BCUT2D eigenvalue weighted by molar-refractivity contribution is 6.32. The number of nitrogen functional groups attached to an aromatic ring is 1. The van der Waals surface area contributed by atoms with Crippen molar-refractivity contribution in [3.05, 3.63) is 57.9 Å². The van der Waals surface area contributed by atoms with E-state index in [9.17, 15) is 4.39 Å². The standard InChI is InChI=1S/C15H15ClFNO/c1-9-6-11(7-10(2)15(9)16)19-8-12-13(17)4-3-5-14(12)18/h3-7H,8,18H2,1-2H3. The number of hydrogen-bond acceptors (Lipinski definition) is 2. The van der Waals surface area contributed by atoms with Gasteiger partial charge >= 0.3 is 0 Å². The van der Waals surface area contributed by atoms with E-state index in [4.69, 9.17) is 22.1 Å². The van der Waals surface area contributed by atoms with Crippen molar-refractivity contribution in [2.45, 2.75) is 20.5 Å². The molecule has 2 nitrogen and oxygen atoms in total. The van der Waals surface area contributed by atoms with Gasteiger partial charge in [0.05, 0.1) is 0 Å². The van der Waals surface area contributed by atoms with Crippen LogP contribution in [0.4, 0.5) is 10.1 Å². The van der Waals surface area contributed by atoms with Gasteiger partial charge in [-0.3, -0.25) is 0 Å². The molecule has 19 heavy (non-hydrogen) atoms. The van der Waals surface area contributed by atoms with Crippen LogP contribution in [0.15, 0.2) is 30.3 Å². The Kier molecular flexibility index (Phi) is 3.96. The maximum atomic E-state index is 13.6. The summed E-state index contributed by atoms with van der Waals surface area (Å²) < 4.78 is 19.2. The number of ether oxygens (including phenoxy) is 1. The van der Waals surface area contributed by atoms with Crippen molar-refractivity contribution in [2.24, 2.45) is 0 Å². The highest BCUT2D eigenvalue weighted by atomic mass is 35.5. The van der Waals surface area contributed by atoms with E-state index in [0.717, 1.165) is 16.1 Å². The first-order chi connectivity index (χ1) is 8.99. The zero-order chi connectivity index (χ0) is 14.0. The van der Waals surface area contributed by atoms with Crippen LogP contribution in [0.25, 0.3) is 0 Å². The van der Waals surface area contributed by atoms with Gasteiger partial charge < -0.3 is 10.5 Å². The Morgan fingerprint density at radius 1 is 1.21 bits per heavy atom. The van der Waals surface area contributed by atoms with Gasteiger partial charge in [-0.2, -0.15) is 0 Å². The fourth-order valence-electron chi connectivity index (χ4n) is 1.87. The van der Waals surface area contributed by atoms with E-state index in [1.807, 2.05) is 26.0 Å². The Morgan fingerprint density at radius 2 is 1.84 bits per heavy atom. The average Bonchev–Trinajstić information content (AvgIpc) is 2.35. The second-order valence-electron chi connectivity index (χ2n) is 4.47. The molecule has 0 aliphatic heterocycles. The van der Waals surface area contributed by atoms with Crippen LogP contribution < -0.4 is 10.5 Å². The largest absolute Gasteiger partial charge is 0.489 e. The van der Waals surface area contributed by atoms with E-state index < -0.39 is 0 Å². The number of benzene rings is 2. The molecule has 2 N–H and O–H groups in total. The minimum atomic E-state index is -0.359. The van der Waals surface area contributed by atoms with E-state index in [1.165, 1.54) is 6.07 Å². The third kappa shape index (κ3) is 2.99. The molecule has 0 aliphatic carbocycles. The Hall–Kier alpha value is -1.74. The topological polar surface area (TPSA) is 35.2 Å². The predicted molar refractivity (Wildman–Crippen MR) is 76.1 cm³/mol. The fourth-order valence-corrected chi connectivity index (χ4v) is 1.98. The number of rotatable bonds is 3. The lowest BCUT2D eigenvalue weighted by Gasteiger charge is -2.11. The Balaban J connectivity index is 2.19. The summed E-state index contributed by atoms with van der Waals surface area (Å²) in [6.07, 6.45) is 0. The Labute approximate surface area is 117 Å². The lowest BCUT2D eigenvalue weighted by atomic mass is 10.1. The minimum absolute atomic E-state index is 0.0962. The zero-order valence-corrected chi connectivity index (χ0v) is 11.6. The lowest BCUT2D eigenvalue weighted by Crippen LogP contribution is -2.03. The SMILES string of the molecule is Cc1cc(OCc2c(N)cccc2F)cc(C)c1Cl. The molecule has 0 atom stereocenters. The molecular weight excluding hydrogens is 265 g/mol. The van der Waals surface area contributed by atoms with Gasteiger partial charge in [-0.15, -0.1) is 0 Å². The first-order valence-electron chi connectivity index (χ1n) is 5.91. The molecule has 0 amide bonds. The summed E-state index contributed by atoms with van der Waals surface area (Å²) in [4.78, 5) is 0. The van der Waals surface area contributed by atoms with Gasteiger partial charge in [-0.1, -0.05) is 17.7 Å². The smallest absolute Gasteiger partial charge is 0.131 e. The van der Waals surface area contributed by atoms with Gasteiger partial charge in [0, 0.05) is 16.3 Å². The summed E-state index contributed by atoms with van der Waals surface area (Å²) in [5.74, 6) is 0.296. The van der Waals surface area contributed by atoms with Crippen LogP contribution >= 0.6 is 11.6 Å². The molecule has 0 radical (unpaired) electrons. The summed E-state index contributed by atoms with van der Waals surface area (Å²) in [6, 6.07) is 8.25. The molecule has 0 spiro atoms. The second-order valence-corrected chi connectivity index (χ2v) is 4.85. The van der Waals surface area contributed by atoms with Crippen LogP contribution in [0.5, 0.6) is 5.75 Å². The van der Waals surface area contributed by atoms with Crippen molar-refractivity contribution in [2.75, 3.05) is 5.73 Å². The Bertz CT molecular complexity index is 570. The van der Waals surface area contributed by atoms with E-state index in [-0.39, 0.29) is 12.4 Å². The number of halogens is 2. The second kappa shape index (κ2) is 5.49. The van der Waals surface area contributed by atoms with Crippen LogP contribution in [0.1, 0.15) is 16.7 Å². The minimum Gasteiger partial charge on any atom is -0.489 e. The number of anilines is 1. The molecule has 2 rings (SSSR count). The number of nitrogens with two attached hydrogens (primary N) is 1. The fraction of sp³-hybridized carbons (Fsp3) is 0.200. The molecule has 100 valence electrons. The molecule has 4 heteroatoms. The average molecular weight is 280 g/mol. The van der Waals surface area contributed by atoms with Crippen LogP contribution in [0, 0.1) is 19.7 Å². The first kappa shape index (κ1) is 13.7. The molecule has 0 saturated heterocycles. The van der Waals surface area contributed by atoms with E-state index in [1.54, 1.807) is 12.1 Å². The van der Waals surface area contributed by atoms with Gasteiger partial charge in [-0.05, 0) is 49.2 Å². The van der Waals surface area contributed by atoms with Gasteiger partial charge in [-0.25, -0.2) is 4.39 Å². The molecule has 0 unspecified atom stereocenters. The van der Waals surface area contributed by atoms with Crippen molar-refractivity contribution in [1.29, 1.82) is 0 Å². The van der Waals surface area contributed by atoms with Crippen LogP contribution in [-0.4, -0.2) is 0 Å². The van der Waals surface area contributed by atoms with Gasteiger partial charge in [0.15, 0.2) is 0 Å². The molecular formula is C15H15ClFNO. The monoisotopic (exact) mass is 279 g/mol. The van der Waals surface area contributed by atoms with E-state index in [0.29, 0.717) is 17.0 Å². The molecule has 0 aliphatic rings. The van der Waals surface area contributed by atoms with Crippen molar-refractivity contribution < 1.29 is 9.13 Å². The molecule has 0 heterocycles. The molecule has 2 aromatic carbocycles. The van der Waals surface area contributed by atoms with Crippen LogP contribution in [0.3, 0.4) is 0 Å². The van der Waals surface area contributed by atoms with E-state index >= 15 is 0 Å². The van der Waals surface area contributed by atoms with Crippen molar-refractivity contribution in [3.63, 3.8) is 0 Å². The Morgan fingerprint density at radius 3 is 2.42 bits per heavy atom. The third-order valence-electron chi connectivity index (χ3n) is 2.95. The summed E-state index contributed by atoms with van der Waals surface area (Å²) in [5.41, 5.74) is 8.35. The first-order valence-corrected chi connectivity index (χ1v) is 6.29. The summed E-state index contributed by atoms with van der Waals surface area (Å²) in [6.45, 7) is 3.90. The van der Waals surface area contributed by atoms with Crippen LogP contribution in [0.2, 0.25) is 5.02 Å². The number of hydrogen-bond donors (Lipinski definition) is 1. The van der Waals surface area contributed by atoms with E-state index in [2.05, 4.69) is 0 Å².